The van der Waals surface area contributed by atoms with E-state index >= 15 is 0 Å². The Kier molecular flexibility index (Phi) is 6.59. The maximum atomic E-state index is 12.5. The molecule has 0 radical (unpaired) electrons. The van der Waals surface area contributed by atoms with Crippen LogP contribution in [0.2, 0.25) is 0 Å². The molecule has 0 bridgehead atoms. The van der Waals surface area contributed by atoms with Gasteiger partial charge in [-0.3, -0.25) is 9.69 Å². The molecule has 26 heavy (non-hydrogen) atoms. The van der Waals surface area contributed by atoms with Gasteiger partial charge in [0, 0.05) is 23.9 Å². The van der Waals surface area contributed by atoms with Crippen molar-refractivity contribution in [3.05, 3.63) is 53.6 Å². The molecular weight excluding hydrogens is 330 g/mol. The number of nitrogens with one attached hydrogen (secondary N) is 1. The monoisotopic (exact) mass is 353 g/mol. The molecular formula is C20H23N3O3. The molecule has 0 fully saturated rings. The van der Waals surface area contributed by atoms with Gasteiger partial charge in [-0.05, 0) is 38.2 Å². The van der Waals surface area contributed by atoms with E-state index in [4.69, 9.17) is 14.7 Å². The van der Waals surface area contributed by atoms with Crippen LogP contribution in [0.5, 0.6) is 11.5 Å². The van der Waals surface area contributed by atoms with Crippen molar-refractivity contribution in [2.75, 3.05) is 26.6 Å². The number of nitrogens with zero attached hydrogens (tertiary/aromatic N) is 2. The summed E-state index contributed by atoms with van der Waals surface area (Å²) in [5, 5.41) is 11.8. The van der Waals surface area contributed by atoms with Crippen LogP contribution in [0.25, 0.3) is 0 Å². The maximum Gasteiger partial charge on any atom is 0.241 e. The van der Waals surface area contributed by atoms with Gasteiger partial charge in [0.05, 0.1) is 31.9 Å². The minimum atomic E-state index is -0.368. The fraction of sp³-hybridized carbons (Fsp3) is 0.300. The number of methoxy groups -OCH3 is 2. The van der Waals surface area contributed by atoms with Crippen molar-refractivity contribution in [3.63, 3.8) is 0 Å². The molecule has 0 aliphatic carbocycles. The minimum Gasteiger partial charge on any atom is -0.497 e. The van der Waals surface area contributed by atoms with E-state index in [0.717, 1.165) is 11.3 Å². The van der Waals surface area contributed by atoms with Gasteiger partial charge >= 0.3 is 0 Å². The largest absolute Gasteiger partial charge is 0.497 e. The van der Waals surface area contributed by atoms with Crippen molar-refractivity contribution in [2.24, 2.45) is 0 Å². The van der Waals surface area contributed by atoms with Gasteiger partial charge in [-0.25, -0.2) is 0 Å². The molecule has 0 spiro atoms. The summed E-state index contributed by atoms with van der Waals surface area (Å²) in [5.41, 5.74) is 2.07. The summed E-state index contributed by atoms with van der Waals surface area (Å²) < 4.78 is 10.6. The van der Waals surface area contributed by atoms with Crippen molar-refractivity contribution >= 4 is 11.6 Å². The van der Waals surface area contributed by atoms with Crippen LogP contribution in [0.15, 0.2) is 42.5 Å². The van der Waals surface area contributed by atoms with Crippen LogP contribution in [-0.2, 0) is 11.3 Å². The van der Waals surface area contributed by atoms with Crippen molar-refractivity contribution < 1.29 is 14.3 Å². The lowest BCUT2D eigenvalue weighted by Gasteiger charge is -2.25. The summed E-state index contributed by atoms with van der Waals surface area (Å²) in [6, 6.07) is 14.2. The second-order valence-corrected chi connectivity index (χ2v) is 5.95. The summed E-state index contributed by atoms with van der Waals surface area (Å²) in [5.74, 6) is 1.29. The van der Waals surface area contributed by atoms with Crippen LogP contribution in [0.1, 0.15) is 18.1 Å². The molecule has 0 saturated heterocycles. The Morgan fingerprint density at radius 3 is 2.65 bits per heavy atom. The number of carbonyl (C=O) groups excluding carboxylic acids is 1. The van der Waals surface area contributed by atoms with Gasteiger partial charge in [0.25, 0.3) is 0 Å². The topological polar surface area (TPSA) is 74.6 Å². The lowest BCUT2D eigenvalue weighted by Crippen LogP contribution is -2.39. The van der Waals surface area contributed by atoms with E-state index in [1.807, 2.05) is 37.1 Å². The van der Waals surface area contributed by atoms with Gasteiger partial charge in [-0.1, -0.05) is 12.1 Å². The molecule has 2 aromatic carbocycles. The van der Waals surface area contributed by atoms with Crippen LogP contribution in [0.3, 0.4) is 0 Å². The highest BCUT2D eigenvalue weighted by Gasteiger charge is 2.20. The summed E-state index contributed by atoms with van der Waals surface area (Å²) in [7, 11) is 5.09. The SMILES string of the molecule is COc1ccc(CN(C)[C@H](C)C(=O)Nc2cccc(C#N)c2)c(OC)c1. The first-order chi connectivity index (χ1) is 12.5. The number of anilines is 1. The van der Waals surface area contributed by atoms with Crippen molar-refractivity contribution in [2.45, 2.75) is 19.5 Å². The van der Waals surface area contributed by atoms with Gasteiger partial charge in [-0.2, -0.15) is 5.26 Å². The number of rotatable bonds is 7. The molecule has 0 aromatic heterocycles. The Morgan fingerprint density at radius 2 is 2.00 bits per heavy atom. The summed E-state index contributed by atoms with van der Waals surface area (Å²) in [6.45, 7) is 2.37. The summed E-state index contributed by atoms with van der Waals surface area (Å²) in [6.07, 6.45) is 0. The van der Waals surface area contributed by atoms with Crippen LogP contribution in [0, 0.1) is 11.3 Å². The molecule has 1 amide bonds. The molecule has 2 rings (SSSR count). The Hall–Kier alpha value is -3.04. The highest BCUT2D eigenvalue weighted by molar-refractivity contribution is 5.94. The fourth-order valence-electron chi connectivity index (χ4n) is 2.50. The number of likely N-dealkylation sites (N-methyl/N-ethyl adjacent to an activating group) is 1. The molecule has 0 saturated carbocycles. The summed E-state index contributed by atoms with van der Waals surface area (Å²) >= 11 is 0. The molecule has 2 aromatic rings. The Labute approximate surface area is 153 Å². The zero-order valence-corrected chi connectivity index (χ0v) is 15.4. The first kappa shape index (κ1) is 19.3. The molecule has 0 aliphatic heterocycles. The van der Waals surface area contributed by atoms with E-state index in [2.05, 4.69) is 11.4 Å². The summed E-state index contributed by atoms with van der Waals surface area (Å²) in [4.78, 5) is 14.4. The average molecular weight is 353 g/mol. The van der Waals surface area contributed by atoms with Crippen LogP contribution in [-0.4, -0.2) is 38.1 Å². The number of amides is 1. The van der Waals surface area contributed by atoms with Gasteiger partial charge in [-0.15, -0.1) is 0 Å². The van der Waals surface area contributed by atoms with Crippen molar-refractivity contribution in [1.82, 2.24) is 4.90 Å². The predicted molar refractivity (Wildman–Crippen MR) is 100 cm³/mol. The maximum absolute atomic E-state index is 12.5. The van der Waals surface area contributed by atoms with E-state index < -0.39 is 0 Å². The number of carbonyl (C=O) groups is 1. The number of nitriles is 1. The minimum absolute atomic E-state index is 0.143. The first-order valence-corrected chi connectivity index (χ1v) is 8.20. The Morgan fingerprint density at radius 1 is 1.23 bits per heavy atom. The molecule has 0 unspecified atom stereocenters. The van der Waals surface area contributed by atoms with E-state index in [1.54, 1.807) is 38.5 Å². The average Bonchev–Trinajstić information content (AvgIpc) is 2.67. The van der Waals surface area contributed by atoms with Gasteiger partial charge < -0.3 is 14.8 Å². The van der Waals surface area contributed by atoms with Crippen LogP contribution in [0.4, 0.5) is 5.69 Å². The number of benzene rings is 2. The van der Waals surface area contributed by atoms with Crippen LogP contribution < -0.4 is 14.8 Å². The molecule has 6 heteroatoms. The number of ether oxygens (including phenoxy) is 2. The van der Waals surface area contributed by atoms with Crippen LogP contribution >= 0.6 is 0 Å². The molecule has 0 heterocycles. The van der Waals surface area contributed by atoms with Gasteiger partial charge in [0.2, 0.25) is 5.91 Å². The standard InChI is InChI=1S/C20H23N3O3/c1-14(20(24)22-17-7-5-6-15(10-17)12-21)23(2)13-16-8-9-18(25-3)11-19(16)26-4/h5-11,14H,13H2,1-4H3,(H,22,24)/t14-/m1/s1. The Bertz CT molecular complexity index is 814. The first-order valence-electron chi connectivity index (χ1n) is 8.20. The third kappa shape index (κ3) is 4.74. The second-order valence-electron chi connectivity index (χ2n) is 5.95. The quantitative estimate of drug-likeness (QED) is 0.828. The smallest absolute Gasteiger partial charge is 0.241 e. The highest BCUT2D eigenvalue weighted by Crippen LogP contribution is 2.26. The molecule has 6 nitrogen and oxygen atoms in total. The van der Waals surface area contributed by atoms with E-state index in [1.165, 1.54) is 0 Å². The second kappa shape index (κ2) is 8.88. The van der Waals surface area contributed by atoms with Gasteiger partial charge in [0.1, 0.15) is 11.5 Å². The normalized spacial score (nSPS) is 11.5. The zero-order valence-electron chi connectivity index (χ0n) is 15.4. The van der Waals surface area contributed by atoms with Crippen molar-refractivity contribution in [3.8, 4) is 17.6 Å². The zero-order chi connectivity index (χ0) is 19.1. The van der Waals surface area contributed by atoms with Crippen molar-refractivity contribution in [1.29, 1.82) is 5.26 Å². The number of hydrogen-bond donors (Lipinski definition) is 1. The predicted octanol–water partition coefficient (Wildman–Crippen LogP) is 3.03. The lowest BCUT2D eigenvalue weighted by atomic mass is 10.1. The molecule has 136 valence electrons. The molecule has 1 atom stereocenters. The highest BCUT2D eigenvalue weighted by atomic mass is 16.5. The Balaban J connectivity index is 2.05. The molecule has 0 aliphatic rings. The third-order valence-corrected chi connectivity index (χ3v) is 4.21. The van der Waals surface area contributed by atoms with E-state index in [0.29, 0.717) is 23.5 Å². The lowest BCUT2D eigenvalue weighted by molar-refractivity contribution is -0.120. The van der Waals surface area contributed by atoms with Gasteiger partial charge in [0.15, 0.2) is 0 Å². The van der Waals surface area contributed by atoms with E-state index in [9.17, 15) is 4.79 Å². The van der Waals surface area contributed by atoms with E-state index in [-0.39, 0.29) is 11.9 Å². The fourth-order valence-corrected chi connectivity index (χ4v) is 2.50. The third-order valence-electron chi connectivity index (χ3n) is 4.21. The molecule has 1 N–H and O–H groups in total. The number of hydrogen-bond acceptors (Lipinski definition) is 5.